The van der Waals surface area contributed by atoms with Crippen molar-refractivity contribution < 1.29 is 9.59 Å². The minimum absolute atomic E-state index is 0.00676. The maximum Gasteiger partial charge on any atom is 0.227 e. The smallest absolute Gasteiger partial charge is 0.227 e. The molecule has 17 heavy (non-hydrogen) atoms. The largest absolute Gasteiger partial charge is 0.355 e. The van der Waals surface area contributed by atoms with Crippen molar-refractivity contribution in [1.29, 1.82) is 0 Å². The second-order valence-corrected chi connectivity index (χ2v) is 4.78. The Morgan fingerprint density at radius 1 is 1.41 bits per heavy atom. The Morgan fingerprint density at radius 2 is 2.12 bits per heavy atom. The summed E-state index contributed by atoms with van der Waals surface area (Å²) < 4.78 is 0. The van der Waals surface area contributed by atoms with Crippen LogP contribution in [0.2, 0.25) is 0 Å². The van der Waals surface area contributed by atoms with Gasteiger partial charge in [0.15, 0.2) is 0 Å². The third kappa shape index (κ3) is 4.34. The van der Waals surface area contributed by atoms with Crippen molar-refractivity contribution in [1.82, 2.24) is 15.1 Å². The molecule has 5 heteroatoms. The van der Waals surface area contributed by atoms with Gasteiger partial charge in [-0.2, -0.15) is 0 Å². The third-order valence-corrected chi connectivity index (χ3v) is 3.05. The molecule has 1 unspecified atom stereocenters. The summed E-state index contributed by atoms with van der Waals surface area (Å²) in [6, 6.07) is 0. The molecule has 0 aromatic heterocycles. The minimum atomic E-state index is -0.151. The van der Waals surface area contributed by atoms with Gasteiger partial charge in [-0.25, -0.2) is 0 Å². The first-order chi connectivity index (χ1) is 8.04. The average Bonchev–Trinajstić information content (AvgIpc) is 2.70. The van der Waals surface area contributed by atoms with Crippen molar-refractivity contribution in [2.24, 2.45) is 5.92 Å². The number of hydrogen-bond acceptors (Lipinski definition) is 3. The van der Waals surface area contributed by atoms with Crippen LogP contribution in [0.5, 0.6) is 0 Å². The van der Waals surface area contributed by atoms with E-state index < -0.39 is 0 Å². The summed E-state index contributed by atoms with van der Waals surface area (Å²) in [4.78, 5) is 27.2. The number of carbonyl (C=O) groups excluding carboxylic acids is 2. The monoisotopic (exact) mass is 241 g/mol. The predicted octanol–water partition coefficient (Wildman–Crippen LogP) is -0.0773. The van der Waals surface area contributed by atoms with Crippen LogP contribution in [0.15, 0.2) is 0 Å². The summed E-state index contributed by atoms with van der Waals surface area (Å²) >= 11 is 0. The number of carbonyl (C=O) groups is 2. The predicted molar refractivity (Wildman–Crippen MR) is 66.5 cm³/mol. The molecule has 1 saturated heterocycles. The van der Waals surface area contributed by atoms with Crippen LogP contribution < -0.4 is 5.32 Å². The lowest BCUT2D eigenvalue weighted by atomic mass is 10.1. The molecule has 0 aromatic rings. The van der Waals surface area contributed by atoms with Gasteiger partial charge in [0, 0.05) is 26.1 Å². The van der Waals surface area contributed by atoms with E-state index in [2.05, 4.69) is 10.2 Å². The average molecular weight is 241 g/mol. The molecule has 1 aliphatic heterocycles. The van der Waals surface area contributed by atoms with E-state index in [-0.39, 0.29) is 17.7 Å². The normalized spacial score (nSPS) is 19.5. The summed E-state index contributed by atoms with van der Waals surface area (Å²) in [6.45, 7) is 4.96. The van der Waals surface area contributed by atoms with Crippen molar-refractivity contribution in [3.05, 3.63) is 0 Å². The summed E-state index contributed by atoms with van der Waals surface area (Å²) in [5.41, 5.74) is 0. The maximum atomic E-state index is 12.1. The SMILES string of the molecule is CCN(CCCN(C)C)C(=O)C1CNC(=O)C1. The molecule has 1 N–H and O–H groups in total. The number of nitrogens with zero attached hydrogens (tertiary/aromatic N) is 2. The second kappa shape index (κ2) is 6.59. The van der Waals surface area contributed by atoms with Gasteiger partial charge in [0.25, 0.3) is 0 Å². The fourth-order valence-electron chi connectivity index (χ4n) is 2.04. The van der Waals surface area contributed by atoms with Gasteiger partial charge in [-0.15, -0.1) is 0 Å². The van der Waals surface area contributed by atoms with E-state index >= 15 is 0 Å². The van der Waals surface area contributed by atoms with E-state index in [0.717, 1.165) is 26.1 Å². The molecule has 0 aliphatic carbocycles. The Bertz CT molecular complexity index is 279. The fraction of sp³-hybridized carbons (Fsp3) is 0.833. The first-order valence-corrected chi connectivity index (χ1v) is 6.24. The van der Waals surface area contributed by atoms with Gasteiger partial charge >= 0.3 is 0 Å². The molecule has 1 fully saturated rings. The van der Waals surface area contributed by atoms with Gasteiger partial charge in [0.05, 0.1) is 5.92 Å². The molecule has 5 nitrogen and oxygen atoms in total. The Morgan fingerprint density at radius 3 is 2.59 bits per heavy atom. The van der Waals surface area contributed by atoms with Crippen LogP contribution >= 0.6 is 0 Å². The lowest BCUT2D eigenvalue weighted by Crippen LogP contribution is -2.38. The molecule has 1 rings (SSSR count). The number of hydrogen-bond donors (Lipinski definition) is 1. The number of nitrogens with one attached hydrogen (secondary N) is 1. The number of amides is 2. The molecule has 0 saturated carbocycles. The van der Waals surface area contributed by atoms with E-state index in [9.17, 15) is 9.59 Å². The van der Waals surface area contributed by atoms with Crippen LogP contribution in [0.1, 0.15) is 19.8 Å². The highest BCUT2D eigenvalue weighted by molar-refractivity contribution is 5.89. The topological polar surface area (TPSA) is 52.6 Å². The Balaban J connectivity index is 2.38. The van der Waals surface area contributed by atoms with Gasteiger partial charge in [-0.1, -0.05) is 0 Å². The molecule has 0 bridgehead atoms. The van der Waals surface area contributed by atoms with E-state index in [4.69, 9.17) is 0 Å². The molecule has 2 amide bonds. The highest BCUT2D eigenvalue weighted by Crippen LogP contribution is 2.13. The highest BCUT2D eigenvalue weighted by atomic mass is 16.2. The van der Waals surface area contributed by atoms with Gasteiger partial charge < -0.3 is 15.1 Å². The maximum absolute atomic E-state index is 12.1. The van der Waals surface area contributed by atoms with Crippen molar-refractivity contribution in [3.63, 3.8) is 0 Å². The summed E-state index contributed by atoms with van der Waals surface area (Å²) in [5, 5.41) is 2.71. The summed E-state index contributed by atoms with van der Waals surface area (Å²) in [7, 11) is 4.05. The molecular weight excluding hydrogens is 218 g/mol. The number of rotatable bonds is 6. The van der Waals surface area contributed by atoms with Crippen molar-refractivity contribution >= 4 is 11.8 Å². The Kier molecular flexibility index (Phi) is 5.41. The van der Waals surface area contributed by atoms with Crippen molar-refractivity contribution in [2.45, 2.75) is 19.8 Å². The Hall–Kier alpha value is -1.10. The zero-order valence-corrected chi connectivity index (χ0v) is 11.0. The van der Waals surface area contributed by atoms with Crippen LogP contribution in [0.4, 0.5) is 0 Å². The van der Waals surface area contributed by atoms with E-state index in [1.54, 1.807) is 0 Å². The second-order valence-electron chi connectivity index (χ2n) is 4.78. The first-order valence-electron chi connectivity index (χ1n) is 6.24. The molecule has 1 aliphatic rings. The van der Waals surface area contributed by atoms with Crippen LogP contribution in [-0.2, 0) is 9.59 Å². The summed E-state index contributed by atoms with van der Waals surface area (Å²) in [5.74, 6) is -0.0425. The van der Waals surface area contributed by atoms with Gasteiger partial charge in [-0.3, -0.25) is 9.59 Å². The van der Waals surface area contributed by atoms with Crippen LogP contribution in [0.3, 0.4) is 0 Å². The molecule has 98 valence electrons. The van der Waals surface area contributed by atoms with E-state index in [1.807, 2.05) is 25.9 Å². The molecular formula is C12H23N3O2. The standard InChI is InChI=1S/C12H23N3O2/c1-4-15(7-5-6-14(2)3)12(17)10-8-11(16)13-9-10/h10H,4-9H2,1-3H3,(H,13,16). The van der Waals surface area contributed by atoms with E-state index in [0.29, 0.717) is 13.0 Å². The van der Waals surface area contributed by atoms with Crippen LogP contribution in [0.25, 0.3) is 0 Å². The van der Waals surface area contributed by atoms with Crippen molar-refractivity contribution in [2.75, 3.05) is 40.3 Å². The highest BCUT2D eigenvalue weighted by Gasteiger charge is 2.30. The summed E-state index contributed by atoms with van der Waals surface area (Å²) in [6.07, 6.45) is 1.32. The fourth-order valence-corrected chi connectivity index (χ4v) is 2.04. The van der Waals surface area contributed by atoms with Gasteiger partial charge in [0.2, 0.25) is 11.8 Å². The van der Waals surface area contributed by atoms with Crippen molar-refractivity contribution in [3.8, 4) is 0 Å². The Labute approximate surface area is 103 Å². The molecule has 0 radical (unpaired) electrons. The quantitative estimate of drug-likeness (QED) is 0.708. The van der Waals surface area contributed by atoms with Gasteiger partial charge in [-0.05, 0) is 34.0 Å². The first kappa shape index (κ1) is 14.0. The minimum Gasteiger partial charge on any atom is -0.355 e. The zero-order chi connectivity index (χ0) is 12.8. The van der Waals surface area contributed by atoms with Crippen LogP contribution in [-0.4, -0.2) is 61.9 Å². The molecule has 0 spiro atoms. The lowest BCUT2D eigenvalue weighted by Gasteiger charge is -2.24. The van der Waals surface area contributed by atoms with Gasteiger partial charge in [0.1, 0.15) is 0 Å². The molecule has 1 atom stereocenters. The molecule has 0 aromatic carbocycles. The third-order valence-electron chi connectivity index (χ3n) is 3.05. The lowest BCUT2D eigenvalue weighted by molar-refractivity contribution is -0.135. The molecule has 1 heterocycles. The van der Waals surface area contributed by atoms with Crippen LogP contribution in [0, 0.1) is 5.92 Å². The van der Waals surface area contributed by atoms with E-state index in [1.165, 1.54) is 0 Å². The zero-order valence-electron chi connectivity index (χ0n) is 11.0.